The minimum absolute atomic E-state index is 0.134. The van der Waals surface area contributed by atoms with E-state index in [0.29, 0.717) is 19.6 Å². The second-order valence-electron chi connectivity index (χ2n) is 3.32. The van der Waals surface area contributed by atoms with E-state index in [1.165, 1.54) is 0 Å². The number of carbonyl (C=O) groups is 1. The van der Waals surface area contributed by atoms with E-state index < -0.39 is 0 Å². The zero-order valence-corrected chi connectivity index (χ0v) is 9.29. The summed E-state index contributed by atoms with van der Waals surface area (Å²) in [4.78, 5) is 13.1. The molecule has 0 aromatic rings. The van der Waals surface area contributed by atoms with Gasteiger partial charge in [0.25, 0.3) is 0 Å². The van der Waals surface area contributed by atoms with Crippen LogP contribution in [0, 0.1) is 0 Å². The van der Waals surface area contributed by atoms with Crippen LogP contribution in [0.5, 0.6) is 0 Å². The lowest BCUT2D eigenvalue weighted by Crippen LogP contribution is -2.29. The van der Waals surface area contributed by atoms with Gasteiger partial charge in [-0.2, -0.15) is 0 Å². The molecule has 1 amide bonds. The minimum Gasteiger partial charge on any atom is -0.381 e. The van der Waals surface area contributed by atoms with Gasteiger partial charge in [-0.3, -0.25) is 4.79 Å². The highest BCUT2D eigenvalue weighted by Crippen LogP contribution is 1.93. The number of hydrogen-bond donors (Lipinski definition) is 1. The number of nitrogens with zero attached hydrogens (tertiary/aromatic N) is 1. The molecular weight excluding hydrogens is 180 g/mol. The molecule has 2 N–H and O–H groups in total. The van der Waals surface area contributed by atoms with Crippen LogP contribution in [-0.4, -0.2) is 44.2 Å². The monoisotopic (exact) mass is 202 g/mol. The second-order valence-corrected chi connectivity index (χ2v) is 3.32. The number of nitrogens with two attached hydrogens (primary N) is 1. The molecule has 4 nitrogen and oxygen atoms in total. The molecule has 0 aromatic heterocycles. The van der Waals surface area contributed by atoms with Crippen molar-refractivity contribution in [1.29, 1.82) is 0 Å². The van der Waals surface area contributed by atoms with Crippen LogP contribution < -0.4 is 5.73 Å². The molecule has 0 radical (unpaired) electrons. The van der Waals surface area contributed by atoms with Gasteiger partial charge in [-0.15, -0.1) is 0 Å². The zero-order valence-electron chi connectivity index (χ0n) is 9.29. The summed E-state index contributed by atoms with van der Waals surface area (Å²) in [6.45, 7) is 4.68. The molecule has 84 valence electrons. The largest absolute Gasteiger partial charge is 0.381 e. The van der Waals surface area contributed by atoms with E-state index in [-0.39, 0.29) is 5.91 Å². The zero-order chi connectivity index (χ0) is 10.8. The molecule has 14 heavy (non-hydrogen) atoms. The predicted molar refractivity (Wildman–Crippen MR) is 57.0 cm³/mol. The third-order valence-electron chi connectivity index (χ3n) is 1.93. The molecule has 0 bridgehead atoms. The minimum atomic E-state index is 0.134. The summed E-state index contributed by atoms with van der Waals surface area (Å²) in [6, 6.07) is 0. The molecule has 0 aromatic carbocycles. The first-order valence-corrected chi connectivity index (χ1v) is 5.24. The molecule has 0 aliphatic heterocycles. The van der Waals surface area contributed by atoms with E-state index >= 15 is 0 Å². The summed E-state index contributed by atoms with van der Waals surface area (Å²) < 4.78 is 5.24. The lowest BCUT2D eigenvalue weighted by atomic mass is 10.3. The van der Waals surface area contributed by atoms with Gasteiger partial charge in [-0.25, -0.2) is 0 Å². The maximum absolute atomic E-state index is 11.4. The number of carbonyl (C=O) groups excluding carboxylic acids is 1. The Morgan fingerprint density at radius 1 is 1.43 bits per heavy atom. The number of ether oxygens (including phenoxy) is 1. The van der Waals surface area contributed by atoms with E-state index in [1.54, 1.807) is 11.9 Å². The van der Waals surface area contributed by atoms with Gasteiger partial charge >= 0.3 is 0 Å². The van der Waals surface area contributed by atoms with Crippen LogP contribution in [-0.2, 0) is 9.53 Å². The van der Waals surface area contributed by atoms with Crippen molar-refractivity contribution in [3.8, 4) is 0 Å². The molecule has 0 spiro atoms. The van der Waals surface area contributed by atoms with Crippen molar-refractivity contribution >= 4 is 5.91 Å². The molecule has 0 aliphatic rings. The normalized spacial score (nSPS) is 10.2. The predicted octanol–water partition coefficient (Wildman–Crippen LogP) is 0.610. The highest BCUT2D eigenvalue weighted by Gasteiger charge is 2.06. The van der Waals surface area contributed by atoms with E-state index in [2.05, 4.69) is 6.92 Å². The Balaban J connectivity index is 3.42. The van der Waals surface area contributed by atoms with Crippen molar-refractivity contribution in [3.63, 3.8) is 0 Å². The van der Waals surface area contributed by atoms with Crippen molar-refractivity contribution in [2.24, 2.45) is 5.73 Å². The first-order valence-electron chi connectivity index (χ1n) is 5.24. The van der Waals surface area contributed by atoms with Gasteiger partial charge < -0.3 is 15.4 Å². The van der Waals surface area contributed by atoms with Crippen molar-refractivity contribution in [2.45, 2.75) is 26.2 Å². The summed E-state index contributed by atoms with van der Waals surface area (Å²) in [6.07, 6.45) is 2.33. The first-order chi connectivity index (χ1) is 6.72. The number of hydrogen-bond acceptors (Lipinski definition) is 3. The lowest BCUT2D eigenvalue weighted by Gasteiger charge is -2.16. The fourth-order valence-electron chi connectivity index (χ4n) is 1.05. The average molecular weight is 202 g/mol. The van der Waals surface area contributed by atoms with E-state index in [1.807, 2.05) is 0 Å². The van der Waals surface area contributed by atoms with E-state index in [0.717, 1.165) is 26.0 Å². The molecular formula is C10H22N2O2. The van der Waals surface area contributed by atoms with Gasteiger partial charge in [0.2, 0.25) is 5.91 Å². The summed E-state index contributed by atoms with van der Waals surface area (Å²) >= 11 is 0. The Kier molecular flexibility index (Phi) is 8.57. The highest BCUT2D eigenvalue weighted by atomic mass is 16.5. The second kappa shape index (κ2) is 8.97. The third kappa shape index (κ3) is 6.86. The van der Waals surface area contributed by atoms with Crippen LogP contribution in [0.2, 0.25) is 0 Å². The maximum atomic E-state index is 11.4. The fourth-order valence-corrected chi connectivity index (χ4v) is 1.05. The van der Waals surface area contributed by atoms with Crippen LogP contribution in [0.15, 0.2) is 0 Å². The Hall–Kier alpha value is -0.610. The first kappa shape index (κ1) is 13.4. The Bertz CT molecular complexity index is 151. The summed E-state index contributed by atoms with van der Waals surface area (Å²) in [5.41, 5.74) is 5.35. The highest BCUT2D eigenvalue weighted by molar-refractivity contribution is 5.75. The van der Waals surface area contributed by atoms with Crippen molar-refractivity contribution in [2.75, 3.05) is 33.4 Å². The molecule has 0 rings (SSSR count). The van der Waals surface area contributed by atoms with Gasteiger partial charge in [0.15, 0.2) is 0 Å². The Morgan fingerprint density at radius 2 is 2.14 bits per heavy atom. The standard InChI is InChI=1S/C10H22N2O2/c1-3-8-14-9-5-10(13)12(2)7-4-6-11/h3-9,11H2,1-2H3. The number of amides is 1. The summed E-state index contributed by atoms with van der Waals surface area (Å²) in [5.74, 6) is 0.134. The average Bonchev–Trinajstić information content (AvgIpc) is 2.20. The van der Waals surface area contributed by atoms with Gasteiger partial charge in [-0.05, 0) is 19.4 Å². The van der Waals surface area contributed by atoms with Crippen molar-refractivity contribution in [3.05, 3.63) is 0 Å². The van der Waals surface area contributed by atoms with Gasteiger partial charge in [-0.1, -0.05) is 6.92 Å². The smallest absolute Gasteiger partial charge is 0.224 e. The molecule has 0 atom stereocenters. The van der Waals surface area contributed by atoms with Crippen LogP contribution in [0.1, 0.15) is 26.2 Å². The van der Waals surface area contributed by atoms with Gasteiger partial charge in [0.05, 0.1) is 13.0 Å². The molecule has 0 saturated carbocycles. The molecule has 0 aliphatic carbocycles. The maximum Gasteiger partial charge on any atom is 0.224 e. The molecule has 4 heteroatoms. The summed E-state index contributed by atoms with van der Waals surface area (Å²) in [5, 5.41) is 0. The van der Waals surface area contributed by atoms with Crippen LogP contribution in [0.25, 0.3) is 0 Å². The van der Waals surface area contributed by atoms with E-state index in [4.69, 9.17) is 10.5 Å². The molecule has 0 unspecified atom stereocenters. The lowest BCUT2D eigenvalue weighted by molar-refractivity contribution is -0.131. The molecule has 0 saturated heterocycles. The quantitative estimate of drug-likeness (QED) is 0.587. The van der Waals surface area contributed by atoms with Crippen LogP contribution in [0.4, 0.5) is 0 Å². The number of rotatable bonds is 8. The Labute approximate surface area is 86.4 Å². The van der Waals surface area contributed by atoms with Crippen LogP contribution in [0.3, 0.4) is 0 Å². The fraction of sp³-hybridized carbons (Fsp3) is 0.900. The van der Waals surface area contributed by atoms with Crippen molar-refractivity contribution in [1.82, 2.24) is 4.90 Å². The van der Waals surface area contributed by atoms with Gasteiger partial charge in [0.1, 0.15) is 0 Å². The Morgan fingerprint density at radius 3 is 2.71 bits per heavy atom. The topological polar surface area (TPSA) is 55.6 Å². The van der Waals surface area contributed by atoms with Crippen LogP contribution >= 0.6 is 0 Å². The van der Waals surface area contributed by atoms with E-state index in [9.17, 15) is 4.79 Å². The molecule has 0 fully saturated rings. The molecule has 0 heterocycles. The van der Waals surface area contributed by atoms with Gasteiger partial charge in [0, 0.05) is 20.2 Å². The van der Waals surface area contributed by atoms with Crippen molar-refractivity contribution < 1.29 is 9.53 Å². The SMILES string of the molecule is CCCOCCC(=O)N(C)CCCN. The third-order valence-corrected chi connectivity index (χ3v) is 1.93. The summed E-state index contributed by atoms with van der Waals surface area (Å²) in [7, 11) is 1.80.